The third-order valence-electron chi connectivity index (χ3n) is 11.8. The van der Waals surface area contributed by atoms with Crippen LogP contribution in [0.1, 0.15) is 94.9 Å². The highest BCUT2D eigenvalue weighted by Crippen LogP contribution is 2.40. The molecule has 5 N–H and O–H groups in total. The Balaban J connectivity index is 2.18. The lowest BCUT2D eigenvalue weighted by molar-refractivity contribution is -0.318. The van der Waals surface area contributed by atoms with Crippen LogP contribution in [0.2, 0.25) is 0 Å². The van der Waals surface area contributed by atoms with Gasteiger partial charge in [0.15, 0.2) is 12.6 Å². The second kappa shape index (κ2) is 17.0. The summed E-state index contributed by atoms with van der Waals surface area (Å²) in [7, 11) is 5.18. The standard InChI is InChI=1S/C37H67NO13/c1-14-25-37(10,45)30(41)20(4)27(39)18(2)16-35(8,44)32(51-34-28(40)24(38(11)12)15-19(3)47-34)21(5)29(22(6)33(43)49-25)50-26-17-36(9,46-13)31(42)23(7)48-26/h18-26,28-32,34,40-42,44-45H,14-17H2,1-13H3/t18-,19?,20+,21-,22-,23?,24?,25-,26?,28?,29+,30-,31?,32-,34?,35-,36?,37-/m1/s1. The smallest absolute Gasteiger partial charge is 0.311 e. The second-order valence-corrected chi connectivity index (χ2v) is 16.5. The van der Waals surface area contributed by atoms with Crippen molar-refractivity contribution in [2.24, 2.45) is 23.7 Å². The van der Waals surface area contributed by atoms with Gasteiger partial charge >= 0.3 is 5.97 Å². The molecule has 0 aromatic heterocycles. The van der Waals surface area contributed by atoms with E-state index in [9.17, 15) is 35.1 Å². The van der Waals surface area contributed by atoms with Crippen molar-refractivity contribution >= 4 is 11.8 Å². The van der Waals surface area contributed by atoms with Crippen LogP contribution < -0.4 is 0 Å². The van der Waals surface area contributed by atoms with Gasteiger partial charge in [-0.3, -0.25) is 9.59 Å². The summed E-state index contributed by atoms with van der Waals surface area (Å²) >= 11 is 0. The summed E-state index contributed by atoms with van der Waals surface area (Å²) in [4.78, 5) is 29.8. The van der Waals surface area contributed by atoms with Gasteiger partial charge in [0.1, 0.15) is 29.7 Å². The van der Waals surface area contributed by atoms with E-state index < -0.39 is 108 Å². The summed E-state index contributed by atoms with van der Waals surface area (Å²) < 4.78 is 37.1. The van der Waals surface area contributed by atoms with Crippen LogP contribution in [0, 0.1) is 23.7 Å². The molecule has 3 heterocycles. The molecular formula is C37H67NO13. The lowest BCUT2D eigenvalue weighted by Crippen LogP contribution is -2.61. The number of esters is 1. The first-order valence-electron chi connectivity index (χ1n) is 18.5. The molecule has 0 aliphatic carbocycles. The number of ketones is 1. The lowest BCUT2D eigenvalue weighted by atomic mass is 9.74. The van der Waals surface area contributed by atoms with E-state index in [4.69, 9.17) is 28.4 Å². The fourth-order valence-corrected chi connectivity index (χ4v) is 8.41. The summed E-state index contributed by atoms with van der Waals surface area (Å²) in [6.07, 6.45) is -9.71. The van der Waals surface area contributed by atoms with Crippen LogP contribution in [0.5, 0.6) is 0 Å². The van der Waals surface area contributed by atoms with Gasteiger partial charge in [0.05, 0.1) is 47.6 Å². The highest BCUT2D eigenvalue weighted by molar-refractivity contribution is 5.83. The minimum atomic E-state index is -1.99. The molecule has 3 saturated heterocycles. The van der Waals surface area contributed by atoms with Crippen molar-refractivity contribution < 1.29 is 63.5 Å². The quantitative estimate of drug-likeness (QED) is 0.238. The highest BCUT2D eigenvalue weighted by atomic mass is 16.7. The average molecular weight is 734 g/mol. The van der Waals surface area contributed by atoms with E-state index in [1.54, 1.807) is 41.5 Å². The van der Waals surface area contributed by atoms with Crippen molar-refractivity contribution in [2.45, 2.75) is 179 Å². The number of hydrogen-bond donors (Lipinski definition) is 5. The van der Waals surface area contributed by atoms with E-state index in [1.807, 2.05) is 25.9 Å². The molecule has 3 aliphatic rings. The number of cyclic esters (lactones) is 1. The summed E-state index contributed by atoms with van der Waals surface area (Å²) in [5, 5.41) is 57.6. The van der Waals surface area contributed by atoms with Gasteiger partial charge in [0.25, 0.3) is 0 Å². The first-order chi connectivity index (χ1) is 23.4. The van der Waals surface area contributed by atoms with Gasteiger partial charge in [0.2, 0.25) is 0 Å². The highest BCUT2D eigenvalue weighted by Gasteiger charge is 2.53. The van der Waals surface area contributed by atoms with Crippen LogP contribution in [0.25, 0.3) is 0 Å². The molecule has 0 saturated carbocycles. The van der Waals surface area contributed by atoms with E-state index in [0.717, 1.165) is 0 Å². The molecule has 0 amide bonds. The molecule has 0 aromatic rings. The zero-order chi connectivity index (χ0) is 39.0. The largest absolute Gasteiger partial charge is 0.459 e. The van der Waals surface area contributed by atoms with Crippen LogP contribution >= 0.6 is 0 Å². The van der Waals surface area contributed by atoms with Crippen LogP contribution in [0.4, 0.5) is 0 Å². The Morgan fingerprint density at radius 2 is 1.49 bits per heavy atom. The van der Waals surface area contributed by atoms with Gasteiger partial charge in [-0.1, -0.05) is 27.7 Å². The van der Waals surface area contributed by atoms with E-state index >= 15 is 0 Å². The number of carbonyl (C=O) groups is 2. The number of carbonyl (C=O) groups excluding carboxylic acids is 2. The zero-order valence-corrected chi connectivity index (χ0v) is 32.9. The van der Waals surface area contributed by atoms with Crippen molar-refractivity contribution in [3.63, 3.8) is 0 Å². The van der Waals surface area contributed by atoms with E-state index in [1.165, 1.54) is 27.9 Å². The number of methoxy groups -OCH3 is 1. The van der Waals surface area contributed by atoms with Crippen molar-refractivity contribution in [3.05, 3.63) is 0 Å². The number of ether oxygens (including phenoxy) is 6. The van der Waals surface area contributed by atoms with Crippen LogP contribution in [-0.2, 0) is 38.0 Å². The van der Waals surface area contributed by atoms with Gasteiger partial charge in [-0.15, -0.1) is 0 Å². The maximum atomic E-state index is 14.1. The van der Waals surface area contributed by atoms with E-state index in [0.29, 0.717) is 6.42 Å². The first-order valence-corrected chi connectivity index (χ1v) is 18.5. The molecule has 3 fully saturated rings. The van der Waals surface area contributed by atoms with Gasteiger partial charge in [-0.2, -0.15) is 0 Å². The third-order valence-corrected chi connectivity index (χ3v) is 11.8. The number of aliphatic hydroxyl groups is 5. The topological polar surface area (TPSA) is 194 Å². The normalized spacial score (nSPS) is 49.7. The van der Waals surface area contributed by atoms with Gasteiger partial charge in [-0.25, -0.2) is 0 Å². The SMILES string of the molecule is CC[C@H]1OC(=O)[C@H](C)[C@@H](OC2CC(C)(OC)C(O)C(C)O2)[C@@H](C)[C@@H](OC2OC(C)CC(N(C)C)C2O)[C@](C)(O)C[C@@H](C)C(=O)[C@H](C)[C@@H](O)[C@]1(C)O. The van der Waals surface area contributed by atoms with Crippen LogP contribution in [0.15, 0.2) is 0 Å². The molecule has 0 aromatic carbocycles. The predicted molar refractivity (Wildman–Crippen MR) is 186 cm³/mol. The Morgan fingerprint density at radius 1 is 0.882 bits per heavy atom. The Hall–Kier alpha value is -1.30. The number of rotatable bonds is 7. The van der Waals surface area contributed by atoms with Crippen molar-refractivity contribution in [1.82, 2.24) is 4.90 Å². The van der Waals surface area contributed by atoms with Crippen molar-refractivity contribution in [2.75, 3.05) is 21.2 Å². The lowest BCUT2D eigenvalue weighted by Gasteiger charge is -2.49. The summed E-state index contributed by atoms with van der Waals surface area (Å²) in [5.41, 5.74) is -4.84. The van der Waals surface area contributed by atoms with E-state index in [2.05, 4.69) is 0 Å². The second-order valence-electron chi connectivity index (χ2n) is 16.5. The zero-order valence-electron chi connectivity index (χ0n) is 32.9. The molecule has 3 rings (SSSR count). The predicted octanol–water partition coefficient (Wildman–Crippen LogP) is 1.79. The summed E-state index contributed by atoms with van der Waals surface area (Å²) in [5.74, 6) is -4.98. The number of hydrogen-bond acceptors (Lipinski definition) is 14. The maximum absolute atomic E-state index is 14.1. The van der Waals surface area contributed by atoms with Gasteiger partial charge in [0, 0.05) is 37.3 Å². The molecule has 0 bridgehead atoms. The first kappa shape index (κ1) is 44.1. The number of Topliss-reactive ketones (excluding diaryl/α,β-unsaturated/α-hetero) is 1. The molecule has 14 nitrogen and oxygen atoms in total. The van der Waals surface area contributed by atoms with Crippen molar-refractivity contribution in [1.29, 1.82) is 0 Å². The number of nitrogens with zero attached hydrogens (tertiary/aromatic N) is 1. The fraction of sp³-hybridized carbons (Fsp3) is 0.946. The summed E-state index contributed by atoms with van der Waals surface area (Å²) in [6, 6.07) is -0.324. The van der Waals surface area contributed by atoms with Crippen LogP contribution in [-0.4, -0.2) is 148 Å². The molecule has 0 spiro atoms. The number of likely N-dealkylation sites (N-methyl/N-ethyl adjacent to an activating group) is 1. The Labute approximate surface area is 304 Å². The Kier molecular flexibility index (Phi) is 14.7. The molecule has 3 aliphatic heterocycles. The third kappa shape index (κ3) is 9.51. The van der Waals surface area contributed by atoms with Crippen molar-refractivity contribution in [3.8, 4) is 0 Å². The Morgan fingerprint density at radius 3 is 2.04 bits per heavy atom. The molecule has 14 heteroatoms. The van der Waals surface area contributed by atoms with Gasteiger partial charge < -0.3 is 58.9 Å². The number of aliphatic hydroxyl groups excluding tert-OH is 3. The summed E-state index contributed by atoms with van der Waals surface area (Å²) in [6.45, 7) is 16.3. The monoisotopic (exact) mass is 733 g/mol. The fourth-order valence-electron chi connectivity index (χ4n) is 8.41. The molecule has 18 atom stereocenters. The molecule has 8 unspecified atom stereocenters. The molecule has 298 valence electrons. The molecule has 0 radical (unpaired) electrons. The molecular weight excluding hydrogens is 666 g/mol. The maximum Gasteiger partial charge on any atom is 0.311 e. The van der Waals surface area contributed by atoms with Crippen LogP contribution in [0.3, 0.4) is 0 Å². The average Bonchev–Trinajstić information content (AvgIpc) is 3.05. The van der Waals surface area contributed by atoms with Gasteiger partial charge in [-0.05, 0) is 74.9 Å². The minimum Gasteiger partial charge on any atom is -0.459 e. The van der Waals surface area contributed by atoms with E-state index in [-0.39, 0.29) is 31.4 Å². The minimum absolute atomic E-state index is 0.0936. The Bertz CT molecular complexity index is 1170. The molecule has 51 heavy (non-hydrogen) atoms.